The summed E-state index contributed by atoms with van der Waals surface area (Å²) < 4.78 is 10.8. The van der Waals surface area contributed by atoms with Gasteiger partial charge >= 0.3 is 12.1 Å². The molecule has 0 fully saturated rings. The quantitative estimate of drug-likeness (QED) is 0.401. The number of carbonyl (C=O) groups excluding carboxylic acids is 2. The summed E-state index contributed by atoms with van der Waals surface area (Å²) in [7, 11) is -1.75. The van der Waals surface area contributed by atoms with E-state index in [1.165, 1.54) is 6.92 Å². The Hall–Kier alpha value is -3.34. The molecule has 172 valence electrons. The fourth-order valence-corrected chi connectivity index (χ4v) is 4.05. The van der Waals surface area contributed by atoms with Gasteiger partial charge in [0.05, 0.1) is 12.3 Å². The van der Waals surface area contributed by atoms with Crippen LogP contribution in [0.15, 0.2) is 60.7 Å². The second-order valence-electron chi connectivity index (χ2n) is 8.84. The molecule has 1 aliphatic heterocycles. The minimum absolute atomic E-state index is 0.0363. The summed E-state index contributed by atoms with van der Waals surface area (Å²) in [5, 5.41) is 10.1. The van der Waals surface area contributed by atoms with Gasteiger partial charge in [0.25, 0.3) is 0 Å². The molecule has 0 spiro atoms. The van der Waals surface area contributed by atoms with E-state index in [9.17, 15) is 14.7 Å². The molecule has 2 atom stereocenters. The van der Waals surface area contributed by atoms with Crippen LogP contribution in [0.1, 0.15) is 12.5 Å². The van der Waals surface area contributed by atoms with Crippen molar-refractivity contribution in [2.45, 2.75) is 32.6 Å². The van der Waals surface area contributed by atoms with E-state index in [0.717, 1.165) is 11.1 Å². The van der Waals surface area contributed by atoms with Crippen molar-refractivity contribution in [1.29, 1.82) is 0 Å². The van der Waals surface area contributed by atoms with Gasteiger partial charge in [-0.05, 0) is 29.8 Å². The van der Waals surface area contributed by atoms with Gasteiger partial charge in [-0.1, -0.05) is 62.0 Å². The smallest absolute Gasteiger partial charge is 0.421 e. The molecule has 33 heavy (non-hydrogen) atoms. The Morgan fingerprint density at radius 3 is 2.39 bits per heavy atom. The van der Waals surface area contributed by atoms with Crippen LogP contribution in [0.5, 0.6) is 5.75 Å². The van der Waals surface area contributed by atoms with Crippen molar-refractivity contribution >= 4 is 31.4 Å². The van der Waals surface area contributed by atoms with E-state index in [1.807, 2.05) is 36.4 Å². The van der Waals surface area contributed by atoms with Crippen LogP contribution in [0.2, 0.25) is 19.6 Å². The second-order valence-corrected chi connectivity index (χ2v) is 13.6. The average Bonchev–Trinajstić information content (AvgIpc) is 2.77. The molecule has 7 heteroatoms. The van der Waals surface area contributed by atoms with Gasteiger partial charge in [-0.25, -0.2) is 4.79 Å². The number of esters is 1. The SMILES string of the molecule is CC(=O)OC[C@H](CO)C1=C[C@H](C#C[Si](C)(C)C)N(C(=O)Oc2ccccc2)c2ccccc21. The molecule has 0 saturated carbocycles. The number of hydrogen-bond acceptors (Lipinski definition) is 5. The third kappa shape index (κ3) is 6.34. The summed E-state index contributed by atoms with van der Waals surface area (Å²) in [6.07, 6.45) is 1.32. The third-order valence-electron chi connectivity index (χ3n) is 4.98. The summed E-state index contributed by atoms with van der Waals surface area (Å²) in [6, 6.07) is 15.7. The minimum atomic E-state index is -1.75. The number of aliphatic hydroxyl groups excluding tert-OH is 1. The van der Waals surface area contributed by atoms with Gasteiger partial charge in [-0.3, -0.25) is 9.69 Å². The largest absolute Gasteiger partial charge is 0.465 e. The predicted octanol–water partition coefficient (Wildman–Crippen LogP) is 4.51. The highest BCUT2D eigenvalue weighted by atomic mass is 28.3. The van der Waals surface area contributed by atoms with Crippen molar-refractivity contribution in [1.82, 2.24) is 0 Å². The van der Waals surface area contributed by atoms with Crippen LogP contribution in [-0.4, -0.2) is 44.5 Å². The standard InChI is InChI=1S/C26H29NO5Si/c1-19(29)31-18-20(17-28)24-16-21(14-15-33(2,3)4)27(25-13-9-8-12-23(24)25)26(30)32-22-10-6-5-7-11-22/h5-13,16,20-21,28H,17-18H2,1-4H3/t20-,21-/m0/s1. The predicted molar refractivity (Wildman–Crippen MR) is 131 cm³/mol. The molecule has 0 bridgehead atoms. The minimum Gasteiger partial charge on any atom is -0.465 e. The zero-order valence-electron chi connectivity index (χ0n) is 19.4. The molecule has 1 N–H and O–H groups in total. The molecule has 3 rings (SSSR count). The van der Waals surface area contributed by atoms with Crippen molar-refractivity contribution in [2.24, 2.45) is 5.92 Å². The fourth-order valence-electron chi connectivity index (χ4n) is 3.47. The summed E-state index contributed by atoms with van der Waals surface area (Å²) in [5.41, 5.74) is 5.53. The zero-order valence-corrected chi connectivity index (χ0v) is 20.4. The highest BCUT2D eigenvalue weighted by Gasteiger charge is 2.34. The molecule has 0 saturated heterocycles. The molecule has 1 aliphatic rings. The molecule has 1 amide bonds. The number of fused-ring (bicyclic) bond motifs is 1. The lowest BCUT2D eigenvalue weighted by atomic mass is 9.87. The molecular formula is C26H29NO5Si. The van der Waals surface area contributed by atoms with Gasteiger partial charge in [0.2, 0.25) is 0 Å². The van der Waals surface area contributed by atoms with Crippen molar-refractivity contribution in [3.8, 4) is 17.2 Å². The Bertz CT molecular complexity index is 1090. The van der Waals surface area contributed by atoms with Crippen LogP contribution in [0.4, 0.5) is 10.5 Å². The molecule has 0 unspecified atom stereocenters. The Morgan fingerprint density at radius 2 is 1.76 bits per heavy atom. The van der Waals surface area contributed by atoms with Crippen molar-refractivity contribution in [3.05, 3.63) is 66.2 Å². The number of amides is 1. The maximum atomic E-state index is 13.3. The maximum Gasteiger partial charge on any atom is 0.421 e. The normalized spacial score (nSPS) is 16.0. The van der Waals surface area contributed by atoms with Gasteiger partial charge in [-0.2, -0.15) is 0 Å². The first-order valence-electron chi connectivity index (χ1n) is 10.8. The van der Waals surface area contributed by atoms with E-state index in [2.05, 4.69) is 31.1 Å². The number of benzene rings is 2. The van der Waals surface area contributed by atoms with Crippen molar-refractivity contribution in [2.75, 3.05) is 18.1 Å². The average molecular weight is 464 g/mol. The summed E-state index contributed by atoms with van der Waals surface area (Å²) >= 11 is 0. The molecule has 0 aromatic heterocycles. The van der Waals surface area contributed by atoms with Gasteiger partial charge in [0, 0.05) is 18.4 Å². The Morgan fingerprint density at radius 1 is 1.09 bits per heavy atom. The number of ether oxygens (including phenoxy) is 2. The molecule has 0 radical (unpaired) electrons. The Kier molecular flexibility index (Phi) is 7.74. The van der Waals surface area contributed by atoms with Crippen LogP contribution < -0.4 is 9.64 Å². The summed E-state index contributed by atoms with van der Waals surface area (Å²) in [5.74, 6) is 2.84. The number of para-hydroxylation sites is 2. The maximum absolute atomic E-state index is 13.3. The van der Waals surface area contributed by atoms with Crippen LogP contribution >= 0.6 is 0 Å². The molecule has 2 aromatic carbocycles. The number of nitrogens with zero attached hydrogens (tertiary/aromatic N) is 1. The number of aliphatic hydroxyl groups is 1. The van der Waals surface area contributed by atoms with Crippen LogP contribution in [0.3, 0.4) is 0 Å². The van der Waals surface area contributed by atoms with Gasteiger partial charge in [-0.15, -0.1) is 5.54 Å². The lowest BCUT2D eigenvalue weighted by Crippen LogP contribution is -2.44. The molecule has 6 nitrogen and oxygen atoms in total. The van der Waals surface area contributed by atoms with E-state index in [-0.39, 0.29) is 13.2 Å². The van der Waals surface area contributed by atoms with Crippen molar-refractivity contribution < 1.29 is 24.2 Å². The van der Waals surface area contributed by atoms with E-state index in [0.29, 0.717) is 11.4 Å². The highest BCUT2D eigenvalue weighted by molar-refractivity contribution is 6.83. The first-order valence-corrected chi connectivity index (χ1v) is 14.3. The number of anilines is 1. The van der Waals surface area contributed by atoms with Crippen LogP contribution in [-0.2, 0) is 9.53 Å². The van der Waals surface area contributed by atoms with Gasteiger partial charge in [0.15, 0.2) is 0 Å². The Balaban J connectivity index is 2.08. The monoisotopic (exact) mass is 463 g/mol. The van der Waals surface area contributed by atoms with Crippen molar-refractivity contribution in [3.63, 3.8) is 0 Å². The van der Waals surface area contributed by atoms with Crippen LogP contribution in [0, 0.1) is 17.4 Å². The van der Waals surface area contributed by atoms with Crippen LogP contribution in [0.25, 0.3) is 5.57 Å². The first kappa shape index (κ1) is 24.3. The molecule has 1 heterocycles. The Labute approximate surface area is 195 Å². The molecular weight excluding hydrogens is 434 g/mol. The van der Waals surface area contributed by atoms with E-state index >= 15 is 0 Å². The highest BCUT2D eigenvalue weighted by Crippen LogP contribution is 2.38. The summed E-state index contributed by atoms with van der Waals surface area (Å²) in [6.45, 7) is 7.55. The second kappa shape index (κ2) is 10.5. The number of hydrogen-bond donors (Lipinski definition) is 1. The fraction of sp³-hybridized carbons (Fsp3) is 0.308. The summed E-state index contributed by atoms with van der Waals surface area (Å²) in [4.78, 5) is 26.2. The lowest BCUT2D eigenvalue weighted by molar-refractivity contribution is -0.142. The topological polar surface area (TPSA) is 76.1 Å². The molecule has 2 aromatic rings. The molecule has 0 aliphatic carbocycles. The first-order chi connectivity index (χ1) is 15.7. The number of rotatable bonds is 5. The van der Waals surface area contributed by atoms with E-state index < -0.39 is 32.1 Å². The lowest BCUT2D eigenvalue weighted by Gasteiger charge is -2.35. The third-order valence-corrected chi connectivity index (χ3v) is 5.87. The zero-order chi connectivity index (χ0) is 24.0. The van der Waals surface area contributed by atoms with Gasteiger partial charge in [0.1, 0.15) is 26.5 Å². The van der Waals surface area contributed by atoms with E-state index in [1.54, 1.807) is 29.2 Å². The number of carbonyl (C=O) groups is 2. The van der Waals surface area contributed by atoms with E-state index in [4.69, 9.17) is 9.47 Å². The van der Waals surface area contributed by atoms with Gasteiger partial charge < -0.3 is 14.6 Å².